The van der Waals surface area contributed by atoms with Crippen molar-refractivity contribution >= 4 is 5.82 Å². The molecular formula is C12H20N4O2. The molecule has 6 heteroatoms. The molecule has 18 heavy (non-hydrogen) atoms. The van der Waals surface area contributed by atoms with E-state index < -0.39 is 0 Å². The molecule has 0 radical (unpaired) electrons. The van der Waals surface area contributed by atoms with Crippen LogP contribution < -0.4 is 10.5 Å². The maximum Gasteiger partial charge on any atom is 0.293 e. The van der Waals surface area contributed by atoms with Crippen LogP contribution in [0.4, 0.5) is 5.82 Å². The maximum atomic E-state index is 12.1. The van der Waals surface area contributed by atoms with Gasteiger partial charge in [-0.1, -0.05) is 0 Å². The number of β-amino-alcohol motifs (C(OH)–C–C–N with tert-alkyl or cyclic N) is 1. The van der Waals surface area contributed by atoms with E-state index in [1.807, 2.05) is 11.8 Å². The molecule has 1 N–H and O–H groups in total. The Morgan fingerprint density at radius 1 is 1.33 bits per heavy atom. The zero-order valence-electron chi connectivity index (χ0n) is 10.7. The fourth-order valence-electron chi connectivity index (χ4n) is 2.23. The van der Waals surface area contributed by atoms with E-state index in [1.54, 1.807) is 17.0 Å². The van der Waals surface area contributed by atoms with Crippen LogP contribution >= 0.6 is 0 Å². The first-order valence-electron chi connectivity index (χ1n) is 6.40. The summed E-state index contributed by atoms with van der Waals surface area (Å²) >= 11 is 0. The Hall–Kier alpha value is -1.40. The molecule has 2 rings (SSSR count). The zero-order valence-corrected chi connectivity index (χ0v) is 10.7. The Morgan fingerprint density at radius 2 is 2.06 bits per heavy atom. The van der Waals surface area contributed by atoms with Crippen LogP contribution in [0.1, 0.15) is 6.92 Å². The van der Waals surface area contributed by atoms with Crippen molar-refractivity contribution in [3.63, 3.8) is 0 Å². The molecule has 6 nitrogen and oxygen atoms in total. The Balaban J connectivity index is 2.08. The summed E-state index contributed by atoms with van der Waals surface area (Å²) < 4.78 is 1.67. The molecule has 2 heterocycles. The summed E-state index contributed by atoms with van der Waals surface area (Å²) in [6.07, 6.45) is 3.40. The van der Waals surface area contributed by atoms with Crippen LogP contribution in [0.25, 0.3) is 0 Å². The van der Waals surface area contributed by atoms with Gasteiger partial charge in [-0.2, -0.15) is 0 Å². The van der Waals surface area contributed by atoms with E-state index in [-0.39, 0.29) is 12.2 Å². The lowest BCUT2D eigenvalue weighted by Crippen LogP contribution is -2.49. The van der Waals surface area contributed by atoms with Crippen molar-refractivity contribution < 1.29 is 5.11 Å². The summed E-state index contributed by atoms with van der Waals surface area (Å²) in [6.45, 7) is 6.81. The molecule has 1 saturated heterocycles. The van der Waals surface area contributed by atoms with Gasteiger partial charge in [-0.05, 0) is 6.92 Å². The van der Waals surface area contributed by atoms with E-state index >= 15 is 0 Å². The molecule has 0 amide bonds. The summed E-state index contributed by atoms with van der Waals surface area (Å²) in [7, 11) is 0. The van der Waals surface area contributed by atoms with Gasteiger partial charge in [0.1, 0.15) is 0 Å². The molecule has 1 aromatic rings. The molecule has 1 aliphatic rings. The lowest BCUT2D eigenvalue weighted by atomic mass is 10.3. The molecule has 0 bridgehead atoms. The minimum Gasteiger partial charge on any atom is -0.395 e. The van der Waals surface area contributed by atoms with Gasteiger partial charge in [-0.15, -0.1) is 0 Å². The average Bonchev–Trinajstić information content (AvgIpc) is 2.41. The fourth-order valence-corrected chi connectivity index (χ4v) is 2.23. The molecule has 1 aromatic heterocycles. The maximum absolute atomic E-state index is 12.1. The van der Waals surface area contributed by atoms with Gasteiger partial charge < -0.3 is 14.6 Å². The highest BCUT2D eigenvalue weighted by Gasteiger charge is 2.19. The normalized spacial score (nSPS) is 17.1. The van der Waals surface area contributed by atoms with Gasteiger partial charge in [0.05, 0.1) is 6.61 Å². The Bertz CT molecular complexity index is 438. The third kappa shape index (κ3) is 2.70. The third-order valence-corrected chi connectivity index (χ3v) is 3.32. The first kappa shape index (κ1) is 13.0. The lowest BCUT2D eigenvalue weighted by Gasteiger charge is -2.34. The van der Waals surface area contributed by atoms with Crippen LogP contribution in [-0.2, 0) is 6.54 Å². The largest absolute Gasteiger partial charge is 0.395 e. The second-order valence-corrected chi connectivity index (χ2v) is 4.39. The number of hydrogen-bond acceptors (Lipinski definition) is 5. The molecule has 0 spiro atoms. The van der Waals surface area contributed by atoms with Gasteiger partial charge in [-0.25, -0.2) is 4.98 Å². The fraction of sp³-hybridized carbons (Fsp3) is 0.667. The summed E-state index contributed by atoms with van der Waals surface area (Å²) in [5, 5.41) is 8.89. The molecule has 100 valence electrons. The monoisotopic (exact) mass is 252 g/mol. The number of rotatable bonds is 4. The first-order chi connectivity index (χ1) is 8.76. The van der Waals surface area contributed by atoms with Crippen molar-refractivity contribution in [3.8, 4) is 0 Å². The number of nitrogens with zero attached hydrogens (tertiary/aromatic N) is 4. The van der Waals surface area contributed by atoms with Crippen molar-refractivity contribution in [3.05, 3.63) is 22.7 Å². The van der Waals surface area contributed by atoms with E-state index in [1.165, 1.54) is 0 Å². The van der Waals surface area contributed by atoms with Crippen LogP contribution in [-0.4, -0.2) is 58.9 Å². The lowest BCUT2D eigenvalue weighted by molar-refractivity contribution is 0.188. The highest BCUT2D eigenvalue weighted by Crippen LogP contribution is 2.08. The second kappa shape index (κ2) is 5.97. The average molecular weight is 252 g/mol. The number of aryl methyl sites for hydroxylation is 1. The van der Waals surface area contributed by atoms with Gasteiger partial charge >= 0.3 is 0 Å². The van der Waals surface area contributed by atoms with Crippen molar-refractivity contribution in [2.75, 3.05) is 44.2 Å². The molecule has 0 saturated carbocycles. The molecule has 0 aliphatic carbocycles. The molecule has 0 atom stereocenters. The summed E-state index contributed by atoms with van der Waals surface area (Å²) in [4.78, 5) is 20.5. The number of anilines is 1. The first-order valence-corrected chi connectivity index (χ1v) is 6.40. The number of aliphatic hydroxyl groups is 1. The van der Waals surface area contributed by atoms with Crippen LogP contribution in [0.15, 0.2) is 17.2 Å². The molecular weight excluding hydrogens is 232 g/mol. The second-order valence-electron chi connectivity index (χ2n) is 4.39. The molecule has 0 aromatic carbocycles. The quantitative estimate of drug-likeness (QED) is 0.773. The Morgan fingerprint density at radius 3 is 2.67 bits per heavy atom. The third-order valence-electron chi connectivity index (χ3n) is 3.32. The highest BCUT2D eigenvalue weighted by molar-refractivity contribution is 5.36. The summed E-state index contributed by atoms with van der Waals surface area (Å²) in [5.74, 6) is 0.544. The van der Waals surface area contributed by atoms with Gasteiger partial charge in [0.2, 0.25) is 0 Å². The summed E-state index contributed by atoms with van der Waals surface area (Å²) in [5.41, 5.74) is -0.0180. The van der Waals surface area contributed by atoms with Crippen molar-refractivity contribution in [1.29, 1.82) is 0 Å². The van der Waals surface area contributed by atoms with Gasteiger partial charge in [0.25, 0.3) is 5.56 Å². The Labute approximate surface area is 106 Å². The van der Waals surface area contributed by atoms with E-state index in [4.69, 9.17) is 5.11 Å². The van der Waals surface area contributed by atoms with Crippen LogP contribution in [0.2, 0.25) is 0 Å². The number of piperazine rings is 1. The van der Waals surface area contributed by atoms with Gasteiger partial charge in [-0.3, -0.25) is 9.69 Å². The van der Waals surface area contributed by atoms with E-state index in [2.05, 4.69) is 9.88 Å². The number of hydrogen-bond donors (Lipinski definition) is 1. The predicted octanol–water partition coefficient (Wildman–Crippen LogP) is -0.622. The van der Waals surface area contributed by atoms with Crippen LogP contribution in [0.3, 0.4) is 0 Å². The highest BCUT2D eigenvalue weighted by atomic mass is 16.3. The van der Waals surface area contributed by atoms with Crippen LogP contribution in [0.5, 0.6) is 0 Å². The van der Waals surface area contributed by atoms with Crippen molar-refractivity contribution in [2.24, 2.45) is 0 Å². The van der Waals surface area contributed by atoms with E-state index in [0.717, 1.165) is 26.2 Å². The number of aliphatic hydroxyl groups excluding tert-OH is 1. The van der Waals surface area contributed by atoms with E-state index in [0.29, 0.717) is 18.9 Å². The topological polar surface area (TPSA) is 61.6 Å². The number of aromatic nitrogens is 2. The van der Waals surface area contributed by atoms with Gasteiger partial charge in [0.15, 0.2) is 5.82 Å². The molecule has 0 unspecified atom stereocenters. The zero-order chi connectivity index (χ0) is 13.0. The Kier molecular flexibility index (Phi) is 4.33. The minimum absolute atomic E-state index is 0.0180. The van der Waals surface area contributed by atoms with Crippen molar-refractivity contribution in [2.45, 2.75) is 13.5 Å². The van der Waals surface area contributed by atoms with Crippen molar-refractivity contribution in [1.82, 2.24) is 14.5 Å². The minimum atomic E-state index is -0.0180. The molecule has 1 aliphatic heterocycles. The smallest absolute Gasteiger partial charge is 0.293 e. The van der Waals surface area contributed by atoms with Gasteiger partial charge in [0, 0.05) is 51.7 Å². The predicted molar refractivity (Wildman–Crippen MR) is 69.9 cm³/mol. The van der Waals surface area contributed by atoms with E-state index in [9.17, 15) is 4.79 Å². The molecule has 1 fully saturated rings. The SMILES string of the molecule is CCn1ccnc(N2CCN(CCO)CC2)c1=O. The summed E-state index contributed by atoms with van der Waals surface area (Å²) in [6, 6.07) is 0. The standard InChI is InChI=1S/C12H20N4O2/c1-2-15-4-3-13-11(12(15)18)16-7-5-14(6-8-16)9-10-17/h3-4,17H,2,5-10H2,1H3. The van der Waals surface area contributed by atoms with Crippen LogP contribution in [0, 0.1) is 0 Å².